The molecule has 6 heteroatoms. The molecule has 0 fully saturated rings. The molecule has 4 nitrogen and oxygen atoms in total. The number of nitrogens with zero attached hydrogens (tertiary/aromatic N) is 1. The second kappa shape index (κ2) is 7.13. The molecule has 0 saturated carbocycles. The van der Waals surface area contributed by atoms with Gasteiger partial charge >= 0.3 is 0 Å². The van der Waals surface area contributed by atoms with Crippen molar-refractivity contribution in [2.24, 2.45) is 5.73 Å². The van der Waals surface area contributed by atoms with Crippen LogP contribution >= 0.6 is 11.8 Å². The summed E-state index contributed by atoms with van der Waals surface area (Å²) < 4.78 is 12.8. The van der Waals surface area contributed by atoms with Gasteiger partial charge in [0.1, 0.15) is 5.82 Å². The summed E-state index contributed by atoms with van der Waals surface area (Å²) in [7, 11) is 1.68. The van der Waals surface area contributed by atoms with Gasteiger partial charge in [-0.25, -0.2) is 4.39 Å². The molecule has 0 aliphatic rings. The smallest absolute Gasteiger partial charge is 0.232 e. The third-order valence-electron chi connectivity index (χ3n) is 2.80. The molecule has 19 heavy (non-hydrogen) atoms. The normalized spacial score (nSPS) is 11.9. The van der Waals surface area contributed by atoms with Gasteiger partial charge in [0.05, 0.1) is 17.5 Å². The van der Waals surface area contributed by atoms with E-state index in [-0.39, 0.29) is 29.3 Å². The van der Waals surface area contributed by atoms with Crippen LogP contribution in [0.15, 0.2) is 24.3 Å². The Morgan fingerprint density at radius 1 is 1.32 bits per heavy atom. The molecule has 1 atom stereocenters. The molecule has 0 saturated heterocycles. The molecule has 2 amide bonds. The Labute approximate surface area is 116 Å². The van der Waals surface area contributed by atoms with Gasteiger partial charge in [-0.15, -0.1) is 11.8 Å². The van der Waals surface area contributed by atoms with Crippen molar-refractivity contribution in [3.8, 4) is 0 Å². The molecule has 0 spiro atoms. The lowest BCUT2D eigenvalue weighted by Crippen LogP contribution is -2.31. The first kappa shape index (κ1) is 15.5. The predicted octanol–water partition coefficient (Wildman–Crippen LogP) is 1.56. The molecule has 0 bridgehead atoms. The summed E-state index contributed by atoms with van der Waals surface area (Å²) in [5.74, 6) is -0.507. The number of hydrogen-bond acceptors (Lipinski definition) is 3. The van der Waals surface area contributed by atoms with E-state index in [2.05, 4.69) is 0 Å². The molecule has 0 aliphatic heterocycles. The minimum Gasteiger partial charge on any atom is -0.369 e. The third-order valence-corrected chi connectivity index (χ3v) is 3.74. The van der Waals surface area contributed by atoms with E-state index in [1.54, 1.807) is 24.1 Å². The van der Waals surface area contributed by atoms with Gasteiger partial charge in [-0.2, -0.15) is 0 Å². The number of carbonyl (C=O) groups excluding carboxylic acids is 2. The Morgan fingerprint density at radius 3 is 2.42 bits per heavy atom. The monoisotopic (exact) mass is 284 g/mol. The van der Waals surface area contributed by atoms with E-state index in [4.69, 9.17) is 5.73 Å². The number of benzene rings is 1. The summed E-state index contributed by atoms with van der Waals surface area (Å²) in [5, 5.41) is 0. The number of nitrogens with two attached hydrogens (primary N) is 1. The zero-order valence-corrected chi connectivity index (χ0v) is 11.7. The first-order valence-corrected chi connectivity index (χ1v) is 6.94. The summed E-state index contributed by atoms with van der Waals surface area (Å²) in [6.07, 6.45) is 0. The van der Waals surface area contributed by atoms with E-state index in [9.17, 15) is 14.0 Å². The van der Waals surface area contributed by atoms with Crippen LogP contribution in [0.3, 0.4) is 0 Å². The SMILES string of the molecule is C[C@@H](c1ccc(F)cc1)N(C)C(=O)CSCC(N)=O. The number of hydrogen-bond donors (Lipinski definition) is 1. The fourth-order valence-corrected chi connectivity index (χ4v) is 2.20. The molecular formula is C13H17FN2O2S. The van der Waals surface area contributed by atoms with Gasteiger partial charge in [0.15, 0.2) is 0 Å². The van der Waals surface area contributed by atoms with Crippen LogP contribution in [-0.4, -0.2) is 35.3 Å². The van der Waals surface area contributed by atoms with Crippen LogP contribution in [0, 0.1) is 5.82 Å². The second-order valence-electron chi connectivity index (χ2n) is 4.19. The highest BCUT2D eigenvalue weighted by Gasteiger charge is 2.17. The first-order chi connectivity index (χ1) is 8.91. The summed E-state index contributed by atoms with van der Waals surface area (Å²) in [5.41, 5.74) is 5.86. The van der Waals surface area contributed by atoms with Crippen LogP contribution in [0.2, 0.25) is 0 Å². The van der Waals surface area contributed by atoms with Crippen molar-refractivity contribution in [3.63, 3.8) is 0 Å². The van der Waals surface area contributed by atoms with Crippen molar-refractivity contribution in [1.82, 2.24) is 4.90 Å². The molecule has 0 heterocycles. The van der Waals surface area contributed by atoms with Gasteiger partial charge in [-0.05, 0) is 24.6 Å². The molecule has 2 N–H and O–H groups in total. The van der Waals surface area contributed by atoms with Crippen LogP contribution in [-0.2, 0) is 9.59 Å². The van der Waals surface area contributed by atoms with Gasteiger partial charge in [-0.1, -0.05) is 12.1 Å². The van der Waals surface area contributed by atoms with Crippen LogP contribution in [0.4, 0.5) is 4.39 Å². The minimum absolute atomic E-state index is 0.0944. The number of halogens is 1. The van der Waals surface area contributed by atoms with E-state index in [0.717, 1.165) is 5.56 Å². The first-order valence-electron chi connectivity index (χ1n) is 5.79. The lowest BCUT2D eigenvalue weighted by Gasteiger charge is -2.25. The molecule has 0 aromatic heterocycles. The summed E-state index contributed by atoms with van der Waals surface area (Å²) in [6.45, 7) is 1.86. The molecule has 104 valence electrons. The van der Waals surface area contributed by atoms with Crippen LogP contribution in [0.25, 0.3) is 0 Å². The average Bonchev–Trinajstić information content (AvgIpc) is 2.37. The lowest BCUT2D eigenvalue weighted by atomic mass is 10.1. The van der Waals surface area contributed by atoms with Crippen molar-refractivity contribution < 1.29 is 14.0 Å². The van der Waals surface area contributed by atoms with Crippen molar-refractivity contribution in [2.75, 3.05) is 18.6 Å². The van der Waals surface area contributed by atoms with Gasteiger partial charge in [-0.3, -0.25) is 9.59 Å². The maximum absolute atomic E-state index is 12.8. The fraction of sp³-hybridized carbons (Fsp3) is 0.385. The fourth-order valence-electron chi connectivity index (χ4n) is 1.52. The maximum Gasteiger partial charge on any atom is 0.232 e. The van der Waals surface area contributed by atoms with Gasteiger partial charge in [0.2, 0.25) is 11.8 Å². The maximum atomic E-state index is 12.8. The van der Waals surface area contributed by atoms with Crippen molar-refractivity contribution >= 4 is 23.6 Å². The summed E-state index contributed by atoms with van der Waals surface area (Å²) >= 11 is 1.19. The quantitative estimate of drug-likeness (QED) is 0.862. The minimum atomic E-state index is -0.438. The molecule has 0 radical (unpaired) electrons. The highest BCUT2D eigenvalue weighted by atomic mass is 32.2. The van der Waals surface area contributed by atoms with E-state index >= 15 is 0 Å². The molecular weight excluding hydrogens is 267 g/mol. The standard InChI is InChI=1S/C13H17FN2O2S/c1-9(10-3-5-11(14)6-4-10)16(2)13(18)8-19-7-12(15)17/h3-6,9H,7-8H2,1-2H3,(H2,15,17)/t9-/m0/s1. The Morgan fingerprint density at radius 2 is 1.89 bits per heavy atom. The van der Waals surface area contributed by atoms with Gasteiger partial charge < -0.3 is 10.6 Å². The van der Waals surface area contributed by atoms with E-state index in [1.807, 2.05) is 6.92 Å². The van der Waals surface area contributed by atoms with Crippen LogP contribution in [0.5, 0.6) is 0 Å². The highest BCUT2D eigenvalue weighted by Crippen LogP contribution is 2.19. The van der Waals surface area contributed by atoms with E-state index in [0.29, 0.717) is 0 Å². The zero-order valence-electron chi connectivity index (χ0n) is 10.9. The van der Waals surface area contributed by atoms with Crippen LogP contribution < -0.4 is 5.73 Å². The van der Waals surface area contributed by atoms with E-state index in [1.165, 1.54) is 23.9 Å². The van der Waals surface area contributed by atoms with Gasteiger partial charge in [0.25, 0.3) is 0 Å². The van der Waals surface area contributed by atoms with Gasteiger partial charge in [0, 0.05) is 7.05 Å². The van der Waals surface area contributed by atoms with Crippen LogP contribution in [0.1, 0.15) is 18.5 Å². The Hall–Kier alpha value is -1.56. The predicted molar refractivity (Wildman–Crippen MR) is 74.1 cm³/mol. The number of amides is 2. The summed E-state index contributed by atoms with van der Waals surface area (Å²) in [6, 6.07) is 5.89. The second-order valence-corrected chi connectivity index (χ2v) is 5.18. The lowest BCUT2D eigenvalue weighted by molar-refractivity contribution is -0.128. The molecule has 0 unspecified atom stereocenters. The molecule has 1 rings (SSSR count). The summed E-state index contributed by atoms with van der Waals surface area (Å²) in [4.78, 5) is 24.0. The third kappa shape index (κ3) is 4.90. The molecule has 1 aromatic carbocycles. The average molecular weight is 284 g/mol. The number of thioether (sulfide) groups is 1. The Bertz CT molecular complexity index is 450. The Balaban J connectivity index is 2.56. The molecule has 0 aliphatic carbocycles. The number of carbonyl (C=O) groups is 2. The topological polar surface area (TPSA) is 63.4 Å². The zero-order chi connectivity index (χ0) is 14.4. The molecule has 1 aromatic rings. The highest BCUT2D eigenvalue weighted by molar-refractivity contribution is 8.00. The largest absolute Gasteiger partial charge is 0.369 e. The Kier molecular flexibility index (Phi) is 5.82. The number of primary amides is 1. The van der Waals surface area contributed by atoms with E-state index < -0.39 is 5.91 Å². The van der Waals surface area contributed by atoms with Crippen molar-refractivity contribution in [1.29, 1.82) is 0 Å². The van der Waals surface area contributed by atoms with Crippen molar-refractivity contribution in [3.05, 3.63) is 35.6 Å². The van der Waals surface area contributed by atoms with Crippen molar-refractivity contribution in [2.45, 2.75) is 13.0 Å². The number of rotatable bonds is 6.